The highest BCUT2D eigenvalue weighted by Gasteiger charge is 2.25. The van der Waals surface area contributed by atoms with Gasteiger partial charge < -0.3 is 5.32 Å². The molecule has 0 aliphatic heterocycles. The van der Waals surface area contributed by atoms with Crippen LogP contribution in [0.2, 0.25) is 0 Å². The van der Waals surface area contributed by atoms with Crippen molar-refractivity contribution in [1.82, 2.24) is 5.32 Å². The minimum atomic E-state index is 0.163. The summed E-state index contributed by atoms with van der Waals surface area (Å²) in [5.41, 5.74) is 0.163. The monoisotopic (exact) mass is 189 g/mol. The molecule has 0 aromatic rings. The van der Waals surface area contributed by atoms with Crippen LogP contribution in [0, 0.1) is 0 Å². The molecule has 2 heteroatoms. The van der Waals surface area contributed by atoms with Crippen molar-refractivity contribution in [3.05, 3.63) is 0 Å². The van der Waals surface area contributed by atoms with E-state index in [0.29, 0.717) is 0 Å². The van der Waals surface area contributed by atoms with Gasteiger partial charge in [-0.2, -0.15) is 0 Å². The zero-order valence-electron chi connectivity index (χ0n) is 8.20. The maximum Gasteiger partial charge on any atom is 0.0403 e. The van der Waals surface area contributed by atoms with Crippen LogP contribution < -0.4 is 5.32 Å². The van der Waals surface area contributed by atoms with Crippen molar-refractivity contribution in [2.75, 3.05) is 5.88 Å². The normalized spacial score (nSPS) is 24.2. The van der Waals surface area contributed by atoms with Crippen LogP contribution in [-0.4, -0.2) is 17.5 Å². The molecule has 1 saturated carbocycles. The molecule has 0 aromatic heterocycles. The zero-order valence-corrected chi connectivity index (χ0v) is 8.95. The first-order chi connectivity index (χ1) is 5.70. The number of rotatable bonds is 4. The Kier molecular flexibility index (Phi) is 3.85. The van der Waals surface area contributed by atoms with Crippen molar-refractivity contribution in [2.24, 2.45) is 0 Å². The molecule has 1 atom stereocenters. The zero-order chi connectivity index (χ0) is 9.03. The molecule has 72 valence electrons. The molecule has 0 amide bonds. The molecular weight excluding hydrogens is 170 g/mol. The fraction of sp³-hybridized carbons (Fsp3) is 1.00. The van der Waals surface area contributed by atoms with E-state index in [2.05, 4.69) is 19.2 Å². The number of hydrogen-bond donors (Lipinski definition) is 1. The molecule has 0 radical (unpaired) electrons. The first-order valence-electron chi connectivity index (χ1n) is 5.04. The molecule has 0 bridgehead atoms. The summed E-state index contributed by atoms with van der Waals surface area (Å²) in [4.78, 5) is 0. The Morgan fingerprint density at radius 2 is 2.00 bits per heavy atom. The summed E-state index contributed by atoms with van der Waals surface area (Å²) in [6, 6.07) is 0.730. The lowest BCUT2D eigenvalue weighted by atomic mass is 10.00. The van der Waals surface area contributed by atoms with E-state index in [9.17, 15) is 0 Å². The summed E-state index contributed by atoms with van der Waals surface area (Å²) in [7, 11) is 0. The van der Waals surface area contributed by atoms with Gasteiger partial charge in [-0.05, 0) is 26.2 Å². The van der Waals surface area contributed by atoms with Crippen molar-refractivity contribution in [2.45, 2.75) is 57.5 Å². The minimum Gasteiger partial charge on any atom is -0.308 e. The minimum absolute atomic E-state index is 0.163. The molecule has 0 spiro atoms. The molecule has 1 fully saturated rings. The lowest BCUT2D eigenvalue weighted by molar-refractivity contribution is 0.329. The van der Waals surface area contributed by atoms with E-state index in [1.807, 2.05) is 0 Å². The highest BCUT2D eigenvalue weighted by atomic mass is 35.5. The average Bonchev–Trinajstić information content (AvgIpc) is 2.57. The van der Waals surface area contributed by atoms with E-state index in [4.69, 9.17) is 11.6 Å². The SMILES string of the molecule is CCC(C)(CCl)NC1CCCC1. The molecule has 1 nitrogen and oxygen atoms in total. The summed E-state index contributed by atoms with van der Waals surface area (Å²) >= 11 is 5.92. The van der Waals surface area contributed by atoms with Crippen molar-refractivity contribution < 1.29 is 0 Å². The lowest BCUT2D eigenvalue weighted by Crippen LogP contribution is -2.48. The van der Waals surface area contributed by atoms with Crippen LogP contribution in [0.25, 0.3) is 0 Å². The van der Waals surface area contributed by atoms with Gasteiger partial charge in [-0.25, -0.2) is 0 Å². The molecule has 1 aliphatic rings. The van der Waals surface area contributed by atoms with E-state index in [1.165, 1.54) is 25.7 Å². The summed E-state index contributed by atoms with van der Waals surface area (Å²) < 4.78 is 0. The molecule has 0 aromatic carbocycles. The van der Waals surface area contributed by atoms with Crippen molar-refractivity contribution >= 4 is 11.6 Å². The largest absolute Gasteiger partial charge is 0.308 e. The lowest BCUT2D eigenvalue weighted by Gasteiger charge is -2.31. The molecule has 1 rings (SSSR count). The highest BCUT2D eigenvalue weighted by Crippen LogP contribution is 2.22. The summed E-state index contributed by atoms with van der Waals surface area (Å²) in [6.45, 7) is 4.42. The van der Waals surface area contributed by atoms with E-state index in [0.717, 1.165) is 18.3 Å². The Morgan fingerprint density at radius 3 is 2.42 bits per heavy atom. The number of nitrogens with one attached hydrogen (secondary N) is 1. The number of halogens is 1. The highest BCUT2D eigenvalue weighted by molar-refractivity contribution is 6.18. The van der Waals surface area contributed by atoms with Gasteiger partial charge in [0.15, 0.2) is 0 Å². The Labute approximate surface area is 80.9 Å². The second-order valence-corrected chi connectivity index (χ2v) is 4.44. The van der Waals surface area contributed by atoms with Crippen LogP contribution in [0.15, 0.2) is 0 Å². The summed E-state index contributed by atoms with van der Waals surface area (Å²) in [6.07, 6.45) is 6.57. The third-order valence-corrected chi connectivity index (χ3v) is 3.57. The van der Waals surface area contributed by atoms with E-state index in [1.54, 1.807) is 0 Å². The second kappa shape index (κ2) is 4.48. The topological polar surface area (TPSA) is 12.0 Å². The first kappa shape index (κ1) is 10.3. The van der Waals surface area contributed by atoms with Crippen LogP contribution in [-0.2, 0) is 0 Å². The van der Waals surface area contributed by atoms with Crippen LogP contribution in [0.4, 0.5) is 0 Å². The van der Waals surface area contributed by atoms with Gasteiger partial charge in [0, 0.05) is 17.5 Å². The number of hydrogen-bond acceptors (Lipinski definition) is 1. The van der Waals surface area contributed by atoms with E-state index >= 15 is 0 Å². The molecule has 1 aliphatic carbocycles. The summed E-state index contributed by atoms with van der Waals surface area (Å²) in [5.74, 6) is 0.722. The van der Waals surface area contributed by atoms with Gasteiger partial charge in [-0.1, -0.05) is 19.8 Å². The maximum absolute atomic E-state index is 5.92. The molecule has 12 heavy (non-hydrogen) atoms. The molecule has 0 heterocycles. The smallest absolute Gasteiger partial charge is 0.0403 e. The van der Waals surface area contributed by atoms with Gasteiger partial charge in [-0.15, -0.1) is 11.6 Å². The Morgan fingerprint density at radius 1 is 1.42 bits per heavy atom. The Bertz CT molecular complexity index is 126. The van der Waals surface area contributed by atoms with Crippen molar-refractivity contribution in [3.63, 3.8) is 0 Å². The van der Waals surface area contributed by atoms with Gasteiger partial charge in [0.2, 0.25) is 0 Å². The number of alkyl halides is 1. The van der Waals surface area contributed by atoms with Gasteiger partial charge in [0.25, 0.3) is 0 Å². The fourth-order valence-corrected chi connectivity index (χ4v) is 2.06. The molecule has 1 unspecified atom stereocenters. The third kappa shape index (κ3) is 2.63. The van der Waals surface area contributed by atoms with Crippen molar-refractivity contribution in [1.29, 1.82) is 0 Å². The van der Waals surface area contributed by atoms with Crippen molar-refractivity contribution in [3.8, 4) is 0 Å². The van der Waals surface area contributed by atoms with E-state index < -0.39 is 0 Å². The van der Waals surface area contributed by atoms with Crippen LogP contribution in [0.1, 0.15) is 46.0 Å². The third-order valence-electron chi connectivity index (χ3n) is 2.98. The van der Waals surface area contributed by atoms with Gasteiger partial charge >= 0.3 is 0 Å². The van der Waals surface area contributed by atoms with Crippen LogP contribution >= 0.6 is 11.6 Å². The predicted octanol–water partition coefficient (Wildman–Crippen LogP) is 2.93. The summed E-state index contributed by atoms with van der Waals surface area (Å²) in [5, 5.41) is 3.66. The maximum atomic E-state index is 5.92. The Hall–Kier alpha value is 0.250. The van der Waals surface area contributed by atoms with Gasteiger partial charge in [-0.3, -0.25) is 0 Å². The van der Waals surface area contributed by atoms with Gasteiger partial charge in [0.1, 0.15) is 0 Å². The molecule has 0 saturated heterocycles. The van der Waals surface area contributed by atoms with E-state index in [-0.39, 0.29) is 5.54 Å². The quantitative estimate of drug-likeness (QED) is 0.671. The standard InChI is InChI=1S/C10H20ClN/c1-3-10(2,8-11)12-9-6-4-5-7-9/h9,12H,3-8H2,1-2H3. The Balaban J connectivity index is 2.35. The van der Waals surface area contributed by atoms with Gasteiger partial charge in [0.05, 0.1) is 0 Å². The molecular formula is C10H20ClN. The van der Waals surface area contributed by atoms with Crippen LogP contribution in [0.3, 0.4) is 0 Å². The fourth-order valence-electron chi connectivity index (χ4n) is 1.80. The predicted molar refractivity (Wildman–Crippen MR) is 54.8 cm³/mol. The first-order valence-corrected chi connectivity index (χ1v) is 5.57. The van der Waals surface area contributed by atoms with Crippen LogP contribution in [0.5, 0.6) is 0 Å². The average molecular weight is 190 g/mol. The second-order valence-electron chi connectivity index (χ2n) is 4.17. The molecule has 1 N–H and O–H groups in total.